The Kier molecular flexibility index (Phi) is 4.10. The molecule has 0 radical (unpaired) electrons. The quantitative estimate of drug-likeness (QED) is 0.532. The third kappa shape index (κ3) is 2.59. The lowest BCUT2D eigenvalue weighted by molar-refractivity contribution is 0.403. The van der Waals surface area contributed by atoms with E-state index in [4.69, 9.17) is 4.74 Å². The van der Waals surface area contributed by atoms with E-state index in [9.17, 15) is 0 Å². The molecule has 0 saturated heterocycles. The van der Waals surface area contributed by atoms with Gasteiger partial charge in [-0.15, -0.1) is 4.37 Å². The number of hydrogen-bond acceptors (Lipinski definition) is 4. The number of hydrogen-bond donors (Lipinski definition) is 1. The number of aromatic nitrogens is 3. The fourth-order valence-corrected chi connectivity index (χ4v) is 4.62. The maximum atomic E-state index is 5.37. The monoisotopic (exact) mass is 385 g/mol. The Morgan fingerprint density at radius 2 is 1.64 bits per heavy atom. The molecule has 5 rings (SSSR count). The molecule has 0 saturated carbocycles. The van der Waals surface area contributed by atoms with Gasteiger partial charge in [-0.05, 0) is 23.1 Å². The normalized spacial score (nSPS) is 14.6. The average molecular weight is 385 g/mol. The first-order valence-electron chi connectivity index (χ1n) is 9.19. The summed E-state index contributed by atoms with van der Waals surface area (Å²) in [4.78, 5) is 3.41. The zero-order valence-electron chi connectivity index (χ0n) is 15.4. The van der Waals surface area contributed by atoms with Gasteiger partial charge >= 0.3 is 0 Å². The van der Waals surface area contributed by atoms with Crippen LogP contribution in [0.3, 0.4) is 0 Å². The van der Waals surface area contributed by atoms with Crippen molar-refractivity contribution in [1.29, 1.82) is 0 Å². The molecule has 5 heteroatoms. The van der Waals surface area contributed by atoms with Crippen molar-refractivity contribution < 1.29 is 4.74 Å². The van der Waals surface area contributed by atoms with Gasteiger partial charge in [0.05, 0.1) is 24.5 Å². The molecule has 0 fully saturated rings. The van der Waals surface area contributed by atoms with Gasteiger partial charge < -0.3 is 9.72 Å². The van der Waals surface area contributed by atoms with Crippen LogP contribution in [0.4, 0.5) is 0 Å². The molecule has 0 atom stereocenters. The Balaban J connectivity index is 1.65. The number of benzene rings is 2. The number of fused-ring (bicyclic) bond motifs is 1. The van der Waals surface area contributed by atoms with Gasteiger partial charge in [0.1, 0.15) is 0 Å². The molecule has 0 bridgehead atoms. The number of methoxy groups -OCH3 is 1. The molecule has 2 aromatic heterocycles. The minimum atomic E-state index is -0.195. The Morgan fingerprint density at radius 1 is 0.964 bits per heavy atom. The summed E-state index contributed by atoms with van der Waals surface area (Å²) in [7, 11) is 1.63. The minimum Gasteiger partial charge on any atom is -0.479 e. The lowest BCUT2D eigenvalue weighted by Gasteiger charge is -2.35. The van der Waals surface area contributed by atoms with Gasteiger partial charge in [0.25, 0.3) is 5.88 Å². The van der Waals surface area contributed by atoms with E-state index < -0.39 is 0 Å². The summed E-state index contributed by atoms with van der Waals surface area (Å²) in [5, 5.41) is 0. The number of ether oxygens (including phenoxy) is 1. The van der Waals surface area contributed by atoms with E-state index in [1.165, 1.54) is 16.7 Å². The third-order valence-electron chi connectivity index (χ3n) is 5.48. The largest absolute Gasteiger partial charge is 0.479 e. The van der Waals surface area contributed by atoms with Gasteiger partial charge in [0, 0.05) is 17.2 Å². The SMILES string of the molecule is COc1nsnc1-c1[nH]cc2c1C=CC(c1ccccc1)(c1ccccc1)C2. The molecule has 1 aliphatic carbocycles. The van der Waals surface area contributed by atoms with Crippen LogP contribution in [0.1, 0.15) is 22.3 Å². The van der Waals surface area contributed by atoms with Gasteiger partial charge in [-0.1, -0.05) is 72.8 Å². The molecule has 4 nitrogen and oxygen atoms in total. The van der Waals surface area contributed by atoms with Crippen molar-refractivity contribution in [3.8, 4) is 17.3 Å². The fourth-order valence-electron chi connectivity index (χ4n) is 4.09. The fraction of sp³-hybridized carbons (Fsp3) is 0.130. The van der Waals surface area contributed by atoms with Crippen LogP contribution in [0.25, 0.3) is 17.5 Å². The summed E-state index contributed by atoms with van der Waals surface area (Å²) < 4.78 is 14.0. The molecule has 28 heavy (non-hydrogen) atoms. The van der Waals surface area contributed by atoms with Crippen molar-refractivity contribution in [1.82, 2.24) is 13.7 Å². The minimum absolute atomic E-state index is 0.195. The first kappa shape index (κ1) is 17.0. The van der Waals surface area contributed by atoms with Gasteiger partial charge in [-0.3, -0.25) is 0 Å². The van der Waals surface area contributed by atoms with Crippen molar-refractivity contribution in [2.75, 3.05) is 7.11 Å². The zero-order chi connectivity index (χ0) is 19.0. The number of aromatic amines is 1. The second kappa shape index (κ2) is 6.77. The van der Waals surface area contributed by atoms with E-state index in [2.05, 4.69) is 92.7 Å². The van der Waals surface area contributed by atoms with E-state index in [1.54, 1.807) is 7.11 Å². The molecule has 138 valence electrons. The number of nitrogens with one attached hydrogen (secondary N) is 1. The highest BCUT2D eigenvalue weighted by Crippen LogP contribution is 2.44. The van der Waals surface area contributed by atoms with Crippen LogP contribution in [0.2, 0.25) is 0 Å². The molecule has 0 unspecified atom stereocenters. The van der Waals surface area contributed by atoms with Gasteiger partial charge in [0.2, 0.25) is 0 Å². The molecule has 1 N–H and O–H groups in total. The van der Waals surface area contributed by atoms with Crippen LogP contribution < -0.4 is 4.74 Å². The van der Waals surface area contributed by atoms with Crippen LogP contribution in [-0.2, 0) is 11.8 Å². The number of allylic oxidation sites excluding steroid dienone is 1. The van der Waals surface area contributed by atoms with Crippen molar-refractivity contribution in [2.24, 2.45) is 0 Å². The van der Waals surface area contributed by atoms with Gasteiger partial charge in [0.15, 0.2) is 5.69 Å². The second-order valence-corrected chi connectivity index (χ2v) is 7.47. The smallest absolute Gasteiger partial charge is 0.255 e. The lowest BCUT2D eigenvalue weighted by atomic mass is 9.68. The van der Waals surface area contributed by atoms with Crippen LogP contribution in [-0.4, -0.2) is 20.8 Å². The standard InChI is InChI=1S/C23H19N3OS/c1-27-22-21(25-28-26-22)20-19-12-13-23(14-16(19)15-24-20,17-8-4-2-5-9-17)18-10-6-3-7-11-18/h2-13,15,24H,14H2,1H3. The summed E-state index contributed by atoms with van der Waals surface area (Å²) in [5.41, 5.74) is 6.54. The molecule has 0 aliphatic heterocycles. The van der Waals surface area contributed by atoms with Crippen LogP contribution >= 0.6 is 11.7 Å². The van der Waals surface area contributed by atoms with E-state index >= 15 is 0 Å². The molecular weight excluding hydrogens is 366 g/mol. The predicted octanol–water partition coefficient (Wildman–Crippen LogP) is 5.10. The second-order valence-electron chi connectivity index (χ2n) is 6.94. The molecule has 1 aliphatic rings. The highest BCUT2D eigenvalue weighted by molar-refractivity contribution is 6.99. The first-order chi connectivity index (χ1) is 13.8. The first-order valence-corrected chi connectivity index (χ1v) is 9.92. The van der Waals surface area contributed by atoms with Crippen molar-refractivity contribution >= 4 is 17.8 Å². The van der Waals surface area contributed by atoms with Crippen LogP contribution in [0, 0.1) is 0 Å². The number of nitrogens with zero attached hydrogens (tertiary/aromatic N) is 2. The average Bonchev–Trinajstić information content (AvgIpc) is 3.40. The number of H-pyrrole nitrogens is 1. The van der Waals surface area contributed by atoms with Crippen molar-refractivity contribution in [2.45, 2.75) is 11.8 Å². The van der Waals surface area contributed by atoms with E-state index in [-0.39, 0.29) is 5.41 Å². The molecule has 4 aromatic rings. The van der Waals surface area contributed by atoms with Crippen LogP contribution in [0.15, 0.2) is 72.9 Å². The van der Waals surface area contributed by atoms with Crippen molar-refractivity contribution in [3.63, 3.8) is 0 Å². The molecule has 2 aromatic carbocycles. The maximum Gasteiger partial charge on any atom is 0.255 e. The zero-order valence-corrected chi connectivity index (χ0v) is 16.2. The highest BCUT2D eigenvalue weighted by atomic mass is 32.1. The summed E-state index contributed by atoms with van der Waals surface area (Å²) in [6, 6.07) is 21.4. The summed E-state index contributed by atoms with van der Waals surface area (Å²) in [6.45, 7) is 0. The Labute approximate surface area is 167 Å². The lowest BCUT2D eigenvalue weighted by Crippen LogP contribution is -2.30. The Morgan fingerprint density at radius 3 is 2.29 bits per heavy atom. The summed E-state index contributed by atoms with van der Waals surface area (Å²) in [5.74, 6) is 0.561. The molecule has 0 amide bonds. The molecular formula is C23H19N3OS. The topological polar surface area (TPSA) is 50.8 Å². The maximum absolute atomic E-state index is 5.37. The van der Waals surface area contributed by atoms with Gasteiger partial charge in [-0.2, -0.15) is 4.37 Å². The highest BCUT2D eigenvalue weighted by Gasteiger charge is 2.36. The third-order valence-corrected chi connectivity index (χ3v) is 5.99. The van der Waals surface area contributed by atoms with E-state index in [0.717, 1.165) is 35.1 Å². The van der Waals surface area contributed by atoms with Crippen LogP contribution in [0.5, 0.6) is 5.88 Å². The Hall–Kier alpha value is -3.18. The van der Waals surface area contributed by atoms with Gasteiger partial charge in [-0.25, -0.2) is 0 Å². The predicted molar refractivity (Wildman–Crippen MR) is 113 cm³/mol. The summed E-state index contributed by atoms with van der Waals surface area (Å²) in [6.07, 6.45) is 7.50. The van der Waals surface area contributed by atoms with Crippen molar-refractivity contribution in [3.05, 3.63) is 95.2 Å². The summed E-state index contributed by atoms with van der Waals surface area (Å²) >= 11 is 1.16. The van der Waals surface area contributed by atoms with E-state index in [1.807, 2.05) is 0 Å². The Bertz CT molecular complexity index is 1090. The number of rotatable bonds is 4. The molecule has 2 heterocycles. The van der Waals surface area contributed by atoms with E-state index in [0.29, 0.717) is 5.88 Å². The molecule has 0 spiro atoms.